The number of hydrogen-bond donors (Lipinski definition) is 4. The molecule has 2 spiro atoms. The Morgan fingerprint density at radius 2 is 1.86 bits per heavy atom. The molecule has 12 atom stereocenters. The lowest BCUT2D eigenvalue weighted by Gasteiger charge is -2.63. The SMILES string of the molecule is C=C(C)[C@H]1CC2=C(C)C=C([C@@]34C=C[C@@]56[C@@H](C[C@@H]7C[C@H](NC[C@H](C)O)[C@@H](O)C[C@H]75)C[C@@H](CC3)[C@@]6(C)N4)C[C@]2(C)C2(CCCC2)C1. The first-order valence-electron chi connectivity index (χ1n) is 18.5. The highest BCUT2D eigenvalue weighted by molar-refractivity contribution is 5.50. The topological polar surface area (TPSA) is 64.5 Å². The second kappa shape index (κ2) is 9.91. The molecule has 0 aromatic rings. The molecule has 1 saturated heterocycles. The molecule has 4 nitrogen and oxygen atoms in total. The number of aliphatic hydroxyl groups excluding tert-OH is 2. The lowest BCUT2D eigenvalue weighted by atomic mass is 9.46. The summed E-state index contributed by atoms with van der Waals surface area (Å²) in [6.45, 7) is 16.9. The van der Waals surface area contributed by atoms with Crippen molar-refractivity contribution >= 4 is 0 Å². The Morgan fingerprint density at radius 1 is 1.09 bits per heavy atom. The van der Waals surface area contributed by atoms with E-state index in [2.05, 4.69) is 63.1 Å². The first-order valence-corrected chi connectivity index (χ1v) is 18.5. The highest BCUT2D eigenvalue weighted by Gasteiger charge is 2.73. The van der Waals surface area contributed by atoms with E-state index in [1.165, 1.54) is 76.2 Å². The molecule has 6 fully saturated rings. The number of nitrogens with one attached hydrogen (secondary N) is 2. The molecule has 6 aliphatic carbocycles. The molecule has 0 radical (unpaired) electrons. The molecule has 0 amide bonds. The third-order valence-corrected chi connectivity index (χ3v) is 16.1. The van der Waals surface area contributed by atoms with Crippen molar-refractivity contribution in [3.05, 3.63) is 47.1 Å². The van der Waals surface area contributed by atoms with Crippen LogP contribution >= 0.6 is 0 Å². The molecule has 4 N–H and O–H groups in total. The number of fused-ring (bicyclic) bond motifs is 4. The van der Waals surface area contributed by atoms with E-state index < -0.39 is 0 Å². The Hall–Kier alpha value is -1.20. The molecule has 0 unspecified atom stereocenters. The zero-order valence-electron chi connectivity index (χ0n) is 28.4. The van der Waals surface area contributed by atoms with Crippen molar-refractivity contribution in [2.24, 2.45) is 45.8 Å². The number of rotatable bonds is 5. The number of aliphatic hydroxyl groups is 2. The van der Waals surface area contributed by atoms with Gasteiger partial charge in [-0.25, -0.2) is 0 Å². The lowest BCUT2D eigenvalue weighted by Crippen LogP contribution is -2.72. The van der Waals surface area contributed by atoms with Crippen LogP contribution in [-0.4, -0.2) is 46.1 Å². The van der Waals surface area contributed by atoms with Gasteiger partial charge in [-0.2, -0.15) is 0 Å². The molecule has 242 valence electrons. The summed E-state index contributed by atoms with van der Waals surface area (Å²) in [5.41, 5.74) is 7.20. The van der Waals surface area contributed by atoms with Crippen LogP contribution in [-0.2, 0) is 0 Å². The number of hydrogen-bond acceptors (Lipinski definition) is 4. The highest BCUT2D eigenvalue weighted by Crippen LogP contribution is 2.74. The summed E-state index contributed by atoms with van der Waals surface area (Å²) in [5, 5.41) is 29.4. The number of piperidine rings is 1. The van der Waals surface area contributed by atoms with Gasteiger partial charge in [-0.15, -0.1) is 0 Å². The summed E-state index contributed by atoms with van der Waals surface area (Å²) < 4.78 is 0. The van der Waals surface area contributed by atoms with Crippen LogP contribution in [0.4, 0.5) is 0 Å². The molecule has 44 heavy (non-hydrogen) atoms. The minimum absolute atomic E-state index is 0.0427. The van der Waals surface area contributed by atoms with E-state index in [-0.39, 0.29) is 40.2 Å². The maximum absolute atomic E-state index is 11.4. The molecule has 5 saturated carbocycles. The van der Waals surface area contributed by atoms with Gasteiger partial charge in [-0.3, -0.25) is 5.32 Å². The first-order chi connectivity index (χ1) is 20.9. The van der Waals surface area contributed by atoms with Gasteiger partial charge in [0.1, 0.15) is 0 Å². The lowest BCUT2D eigenvalue weighted by molar-refractivity contribution is -0.0373. The zero-order chi connectivity index (χ0) is 30.9. The van der Waals surface area contributed by atoms with E-state index in [1.807, 2.05) is 6.92 Å². The van der Waals surface area contributed by atoms with Crippen LogP contribution in [0.2, 0.25) is 0 Å². The van der Waals surface area contributed by atoms with Gasteiger partial charge in [-0.05, 0) is 144 Å². The molecule has 4 heteroatoms. The molecule has 2 aliphatic heterocycles. The fourth-order valence-electron chi connectivity index (χ4n) is 14.0. The van der Waals surface area contributed by atoms with Crippen LogP contribution in [0.15, 0.2) is 47.1 Å². The van der Waals surface area contributed by atoms with Crippen LogP contribution < -0.4 is 10.6 Å². The molecule has 8 aliphatic rings. The largest absolute Gasteiger partial charge is 0.392 e. The van der Waals surface area contributed by atoms with Gasteiger partial charge in [0, 0.05) is 23.5 Å². The summed E-state index contributed by atoms with van der Waals surface area (Å²) in [5.74, 6) is 3.25. The second-order valence-corrected chi connectivity index (χ2v) is 18.0. The Bertz CT molecular complexity index is 1320. The zero-order valence-corrected chi connectivity index (χ0v) is 28.4. The predicted molar refractivity (Wildman–Crippen MR) is 179 cm³/mol. The minimum atomic E-state index is -0.377. The summed E-state index contributed by atoms with van der Waals surface area (Å²) in [7, 11) is 0. The van der Waals surface area contributed by atoms with Gasteiger partial charge in [-0.1, -0.05) is 61.3 Å². The van der Waals surface area contributed by atoms with Crippen molar-refractivity contribution in [2.75, 3.05) is 6.54 Å². The van der Waals surface area contributed by atoms with Crippen LogP contribution in [0.25, 0.3) is 0 Å². The van der Waals surface area contributed by atoms with Crippen molar-refractivity contribution < 1.29 is 10.2 Å². The smallest absolute Gasteiger partial charge is 0.0696 e. The van der Waals surface area contributed by atoms with Gasteiger partial charge < -0.3 is 15.5 Å². The van der Waals surface area contributed by atoms with E-state index in [9.17, 15) is 10.2 Å². The number of allylic oxidation sites excluding steroid dienone is 4. The van der Waals surface area contributed by atoms with Crippen LogP contribution in [0.1, 0.15) is 118 Å². The minimum Gasteiger partial charge on any atom is -0.392 e. The van der Waals surface area contributed by atoms with Crippen LogP contribution in [0, 0.1) is 45.8 Å². The van der Waals surface area contributed by atoms with Crippen molar-refractivity contribution in [3.8, 4) is 0 Å². The Labute approximate surface area is 267 Å². The summed E-state index contributed by atoms with van der Waals surface area (Å²) in [6.07, 6.45) is 23.8. The van der Waals surface area contributed by atoms with E-state index in [1.54, 1.807) is 16.7 Å². The van der Waals surface area contributed by atoms with Crippen molar-refractivity contribution in [1.82, 2.24) is 10.6 Å². The fourth-order valence-corrected chi connectivity index (χ4v) is 14.0. The van der Waals surface area contributed by atoms with Crippen molar-refractivity contribution in [2.45, 2.75) is 147 Å². The molecule has 0 aromatic heterocycles. The first kappa shape index (κ1) is 30.2. The summed E-state index contributed by atoms with van der Waals surface area (Å²) in [6, 6.07) is 0.107. The molecule has 8 rings (SSSR count). The molecular formula is C40H60N2O2. The third-order valence-electron chi connectivity index (χ3n) is 16.1. The van der Waals surface area contributed by atoms with E-state index in [0.717, 1.165) is 12.8 Å². The van der Waals surface area contributed by atoms with Gasteiger partial charge in [0.2, 0.25) is 0 Å². The Morgan fingerprint density at radius 3 is 2.59 bits per heavy atom. The van der Waals surface area contributed by atoms with Gasteiger partial charge >= 0.3 is 0 Å². The van der Waals surface area contributed by atoms with Gasteiger partial charge in [0.15, 0.2) is 0 Å². The fraction of sp³-hybridized carbons (Fsp3) is 0.800. The maximum Gasteiger partial charge on any atom is 0.0696 e. The Kier molecular flexibility index (Phi) is 6.79. The molecule has 2 heterocycles. The monoisotopic (exact) mass is 600 g/mol. The molecule has 2 bridgehead atoms. The predicted octanol–water partition coefficient (Wildman–Crippen LogP) is 7.39. The summed E-state index contributed by atoms with van der Waals surface area (Å²) in [4.78, 5) is 0. The van der Waals surface area contributed by atoms with Crippen LogP contribution in [0.5, 0.6) is 0 Å². The summed E-state index contributed by atoms with van der Waals surface area (Å²) >= 11 is 0. The highest BCUT2D eigenvalue weighted by atomic mass is 16.3. The van der Waals surface area contributed by atoms with Gasteiger partial charge in [0.25, 0.3) is 0 Å². The average molecular weight is 601 g/mol. The standard InChI is InChI=1S/C40H60N2O2/c1-24(2)28-17-32-25(3)15-31(22-36(32,5)38(21-28)10-7-8-11-38)39-12-9-29-19-30-16-27-18-34(41-23-26(4)43)35(44)20-33(27)40(30,14-13-39)37(29,6)42-39/h13-15,26-30,33-35,41-44H,1,7-12,16-23H2,2-6H3/t26-,27+,28-,29+,30-,33+,34-,35-,36-,37+,39-,40+/m0/s1. The maximum atomic E-state index is 11.4. The normalized spacial score (nSPS) is 50.7. The molecule has 0 aromatic carbocycles. The average Bonchev–Trinajstić information content (AvgIpc) is 3.63. The third kappa shape index (κ3) is 3.84. The Balaban J connectivity index is 1.15. The molecular weight excluding hydrogens is 540 g/mol. The van der Waals surface area contributed by atoms with E-state index in [4.69, 9.17) is 0 Å². The van der Waals surface area contributed by atoms with E-state index in [0.29, 0.717) is 41.5 Å². The van der Waals surface area contributed by atoms with Crippen molar-refractivity contribution in [1.29, 1.82) is 0 Å². The quantitative estimate of drug-likeness (QED) is 0.249. The second-order valence-electron chi connectivity index (χ2n) is 18.0. The van der Waals surface area contributed by atoms with Crippen molar-refractivity contribution in [3.63, 3.8) is 0 Å². The van der Waals surface area contributed by atoms with Crippen LogP contribution in [0.3, 0.4) is 0 Å². The van der Waals surface area contributed by atoms with E-state index >= 15 is 0 Å². The van der Waals surface area contributed by atoms with Gasteiger partial charge in [0.05, 0.1) is 17.7 Å².